The van der Waals surface area contributed by atoms with Gasteiger partial charge < -0.3 is 10.2 Å². The van der Waals surface area contributed by atoms with Crippen molar-refractivity contribution < 1.29 is 9.59 Å². The third kappa shape index (κ3) is 2.55. The third-order valence-electron chi connectivity index (χ3n) is 4.71. The van der Waals surface area contributed by atoms with Crippen molar-refractivity contribution in [1.82, 2.24) is 15.1 Å². The zero-order valence-electron chi connectivity index (χ0n) is 12.7. The molecule has 2 amide bonds. The first kappa shape index (κ1) is 13.9. The number of rotatable bonds is 2. The van der Waals surface area contributed by atoms with Crippen LogP contribution in [-0.4, -0.2) is 59.4 Å². The minimum absolute atomic E-state index is 0.0191. The molecular weight excluding hydrogens is 254 g/mol. The monoisotopic (exact) mass is 279 g/mol. The van der Waals surface area contributed by atoms with Crippen LogP contribution >= 0.6 is 0 Å². The van der Waals surface area contributed by atoms with E-state index in [-0.39, 0.29) is 29.8 Å². The second-order valence-electron chi connectivity index (χ2n) is 7.50. The summed E-state index contributed by atoms with van der Waals surface area (Å²) >= 11 is 0. The van der Waals surface area contributed by atoms with Crippen molar-refractivity contribution in [2.45, 2.75) is 58.2 Å². The van der Waals surface area contributed by atoms with Gasteiger partial charge >= 0.3 is 0 Å². The van der Waals surface area contributed by atoms with Crippen molar-refractivity contribution in [3.8, 4) is 0 Å². The van der Waals surface area contributed by atoms with E-state index in [0.717, 1.165) is 25.6 Å². The molecule has 2 aliphatic heterocycles. The predicted molar refractivity (Wildman–Crippen MR) is 76.1 cm³/mol. The first-order valence-electron chi connectivity index (χ1n) is 7.70. The van der Waals surface area contributed by atoms with E-state index in [0.29, 0.717) is 0 Å². The number of likely N-dealkylation sites (tertiary alicyclic amines) is 1. The molecule has 20 heavy (non-hydrogen) atoms. The number of carbonyl (C=O) groups is 2. The van der Waals surface area contributed by atoms with Crippen LogP contribution in [0.2, 0.25) is 0 Å². The number of amides is 2. The Hall–Kier alpha value is -1.10. The summed E-state index contributed by atoms with van der Waals surface area (Å²) in [5.41, 5.74) is -0.236. The van der Waals surface area contributed by atoms with Crippen molar-refractivity contribution in [2.24, 2.45) is 5.41 Å². The highest BCUT2D eigenvalue weighted by Crippen LogP contribution is 2.32. The van der Waals surface area contributed by atoms with E-state index in [1.807, 2.05) is 25.7 Å². The molecule has 0 spiro atoms. The molecule has 0 radical (unpaired) electrons. The van der Waals surface area contributed by atoms with Crippen molar-refractivity contribution in [3.05, 3.63) is 0 Å². The molecular formula is C15H25N3O2. The zero-order valence-corrected chi connectivity index (χ0v) is 12.7. The van der Waals surface area contributed by atoms with Crippen LogP contribution in [0.5, 0.6) is 0 Å². The number of hydrogen-bond donors (Lipinski definition) is 1. The average molecular weight is 279 g/mol. The highest BCUT2D eigenvalue weighted by molar-refractivity contribution is 5.95. The molecule has 1 saturated carbocycles. The summed E-state index contributed by atoms with van der Waals surface area (Å²) in [5.74, 6) is 0.0779. The van der Waals surface area contributed by atoms with E-state index < -0.39 is 6.04 Å². The summed E-state index contributed by atoms with van der Waals surface area (Å²) in [6, 6.07) is 0.574. The molecule has 1 N–H and O–H groups in total. The fraction of sp³-hybridized carbons (Fsp3) is 0.867. The minimum Gasteiger partial charge on any atom is -0.342 e. The Kier molecular flexibility index (Phi) is 3.27. The molecule has 3 rings (SSSR count). The summed E-state index contributed by atoms with van der Waals surface area (Å²) in [4.78, 5) is 28.9. The Labute approximate surface area is 120 Å². The van der Waals surface area contributed by atoms with Crippen LogP contribution < -0.4 is 5.32 Å². The predicted octanol–water partition coefficient (Wildman–Crippen LogP) is 0.596. The van der Waals surface area contributed by atoms with Crippen LogP contribution in [0.25, 0.3) is 0 Å². The molecule has 2 saturated heterocycles. The van der Waals surface area contributed by atoms with Gasteiger partial charge in [0.25, 0.3) is 0 Å². The van der Waals surface area contributed by atoms with Gasteiger partial charge in [0.15, 0.2) is 0 Å². The molecule has 3 aliphatic rings. The van der Waals surface area contributed by atoms with E-state index in [1.165, 1.54) is 12.8 Å². The van der Waals surface area contributed by atoms with Crippen LogP contribution in [0, 0.1) is 5.41 Å². The smallest absolute Gasteiger partial charge is 0.246 e. The van der Waals surface area contributed by atoms with E-state index in [9.17, 15) is 9.59 Å². The first-order chi connectivity index (χ1) is 9.36. The van der Waals surface area contributed by atoms with Gasteiger partial charge in [0.05, 0.1) is 6.54 Å². The van der Waals surface area contributed by atoms with Crippen LogP contribution in [-0.2, 0) is 9.59 Å². The SMILES string of the molecule is CC(C)(C)C1NC(=O)CN(C2CCN(C3CC3)C2)C1=O. The second kappa shape index (κ2) is 4.72. The zero-order chi connectivity index (χ0) is 14.5. The number of hydrogen-bond acceptors (Lipinski definition) is 3. The van der Waals surface area contributed by atoms with Crippen molar-refractivity contribution in [3.63, 3.8) is 0 Å². The molecule has 2 atom stereocenters. The number of piperazine rings is 1. The molecule has 5 heteroatoms. The van der Waals surface area contributed by atoms with Crippen molar-refractivity contribution >= 4 is 11.8 Å². The molecule has 0 aromatic rings. The fourth-order valence-electron chi connectivity index (χ4n) is 3.36. The largest absolute Gasteiger partial charge is 0.342 e. The molecule has 2 heterocycles. The quantitative estimate of drug-likeness (QED) is 0.805. The molecule has 0 bridgehead atoms. The normalized spacial score (nSPS) is 32.6. The molecule has 3 fully saturated rings. The molecule has 2 unspecified atom stereocenters. The summed E-state index contributed by atoms with van der Waals surface area (Å²) in [5, 5.41) is 2.86. The summed E-state index contributed by atoms with van der Waals surface area (Å²) in [6.45, 7) is 8.26. The van der Waals surface area contributed by atoms with Gasteiger partial charge in [-0.3, -0.25) is 14.5 Å². The van der Waals surface area contributed by atoms with E-state index in [4.69, 9.17) is 0 Å². The Bertz CT molecular complexity index is 425. The standard InChI is InChI=1S/C15H25N3O2/c1-15(2,3)13-14(20)18(9-12(19)16-13)11-6-7-17(8-11)10-4-5-10/h10-11,13H,4-9H2,1-3H3,(H,16,19). The number of nitrogens with one attached hydrogen (secondary N) is 1. The fourth-order valence-corrected chi connectivity index (χ4v) is 3.36. The van der Waals surface area contributed by atoms with Gasteiger partial charge in [-0.25, -0.2) is 0 Å². The lowest BCUT2D eigenvalue weighted by atomic mass is 9.84. The molecule has 1 aliphatic carbocycles. The summed E-state index contributed by atoms with van der Waals surface area (Å²) in [7, 11) is 0. The lowest BCUT2D eigenvalue weighted by Crippen LogP contribution is -2.64. The third-order valence-corrected chi connectivity index (χ3v) is 4.71. The van der Waals surface area contributed by atoms with Crippen molar-refractivity contribution in [2.75, 3.05) is 19.6 Å². The maximum Gasteiger partial charge on any atom is 0.246 e. The van der Waals surface area contributed by atoms with Gasteiger partial charge in [0.1, 0.15) is 6.04 Å². The van der Waals surface area contributed by atoms with Gasteiger partial charge in [0, 0.05) is 25.2 Å². The highest BCUT2D eigenvalue weighted by atomic mass is 16.2. The average Bonchev–Trinajstić information content (AvgIpc) is 3.09. The topological polar surface area (TPSA) is 52.7 Å². The van der Waals surface area contributed by atoms with E-state index >= 15 is 0 Å². The van der Waals surface area contributed by atoms with Crippen LogP contribution in [0.1, 0.15) is 40.0 Å². The van der Waals surface area contributed by atoms with E-state index in [2.05, 4.69) is 10.2 Å². The van der Waals surface area contributed by atoms with Crippen LogP contribution in [0.3, 0.4) is 0 Å². The van der Waals surface area contributed by atoms with Gasteiger partial charge in [-0.2, -0.15) is 0 Å². The Morgan fingerprint density at radius 2 is 1.80 bits per heavy atom. The second-order valence-corrected chi connectivity index (χ2v) is 7.50. The minimum atomic E-state index is -0.390. The van der Waals surface area contributed by atoms with Gasteiger partial charge in [-0.05, 0) is 24.7 Å². The first-order valence-corrected chi connectivity index (χ1v) is 7.70. The summed E-state index contributed by atoms with van der Waals surface area (Å²) in [6.07, 6.45) is 3.60. The molecule has 0 aromatic carbocycles. The summed E-state index contributed by atoms with van der Waals surface area (Å²) < 4.78 is 0. The highest BCUT2D eigenvalue weighted by Gasteiger charge is 2.45. The number of nitrogens with zero attached hydrogens (tertiary/aromatic N) is 2. The van der Waals surface area contributed by atoms with Gasteiger partial charge in [-0.1, -0.05) is 20.8 Å². The lowest BCUT2D eigenvalue weighted by molar-refractivity contribution is -0.149. The maximum atomic E-state index is 12.7. The van der Waals surface area contributed by atoms with Gasteiger partial charge in [-0.15, -0.1) is 0 Å². The van der Waals surface area contributed by atoms with Crippen LogP contribution in [0.4, 0.5) is 0 Å². The van der Waals surface area contributed by atoms with E-state index in [1.54, 1.807) is 0 Å². The molecule has 112 valence electrons. The van der Waals surface area contributed by atoms with Crippen molar-refractivity contribution in [1.29, 1.82) is 0 Å². The lowest BCUT2D eigenvalue weighted by Gasteiger charge is -2.41. The Morgan fingerprint density at radius 3 is 2.40 bits per heavy atom. The van der Waals surface area contributed by atoms with Gasteiger partial charge in [0.2, 0.25) is 11.8 Å². The molecule has 0 aromatic heterocycles. The van der Waals surface area contributed by atoms with Crippen LogP contribution in [0.15, 0.2) is 0 Å². The Balaban J connectivity index is 1.71. The number of carbonyl (C=O) groups excluding carboxylic acids is 2. The Morgan fingerprint density at radius 1 is 1.10 bits per heavy atom. The maximum absolute atomic E-state index is 12.7. The molecule has 5 nitrogen and oxygen atoms in total.